The van der Waals surface area contributed by atoms with Gasteiger partial charge in [0.1, 0.15) is 6.33 Å². The van der Waals surface area contributed by atoms with Gasteiger partial charge < -0.3 is 9.64 Å². The van der Waals surface area contributed by atoms with E-state index in [4.69, 9.17) is 21.6 Å². The number of ether oxygens (including phenoxy) is 1. The van der Waals surface area contributed by atoms with Crippen LogP contribution >= 0.6 is 11.6 Å². The predicted octanol–water partition coefficient (Wildman–Crippen LogP) is 1.40. The van der Waals surface area contributed by atoms with E-state index in [-0.39, 0.29) is 23.1 Å². The minimum absolute atomic E-state index is 0.0947. The molecule has 0 radical (unpaired) electrons. The monoisotopic (exact) mass is 285 g/mol. The normalized spacial score (nSPS) is 9.95. The van der Waals surface area contributed by atoms with Crippen LogP contribution in [0.2, 0.25) is 5.15 Å². The standard InChI is InChI=1S/C10H12ClN5O3/c1-19-6-5-15(4-2-3-12)10-8(16(17)18)9(11)13-7-14-10/h7H,2,4-6H2,1H3. The summed E-state index contributed by atoms with van der Waals surface area (Å²) in [6.45, 7) is 1.02. The molecule has 9 heteroatoms. The first kappa shape index (κ1) is 15.1. The fourth-order valence-corrected chi connectivity index (χ4v) is 1.64. The van der Waals surface area contributed by atoms with E-state index in [1.165, 1.54) is 7.11 Å². The van der Waals surface area contributed by atoms with E-state index in [2.05, 4.69) is 9.97 Å². The Morgan fingerprint density at radius 3 is 2.89 bits per heavy atom. The summed E-state index contributed by atoms with van der Waals surface area (Å²) in [5, 5.41) is 19.4. The second kappa shape index (κ2) is 7.45. The van der Waals surface area contributed by atoms with Gasteiger partial charge in [0.05, 0.1) is 24.0 Å². The number of aromatic nitrogens is 2. The van der Waals surface area contributed by atoms with Crippen molar-refractivity contribution in [2.45, 2.75) is 6.42 Å². The molecule has 0 fully saturated rings. The van der Waals surface area contributed by atoms with Crippen LogP contribution in [0.4, 0.5) is 11.5 Å². The summed E-state index contributed by atoms with van der Waals surface area (Å²) in [4.78, 5) is 19.4. The first-order chi connectivity index (χ1) is 9.11. The Bertz CT molecular complexity index is 491. The topological polar surface area (TPSA) is 105 Å². The van der Waals surface area contributed by atoms with E-state index in [1.54, 1.807) is 4.90 Å². The average molecular weight is 286 g/mol. The van der Waals surface area contributed by atoms with Crippen LogP contribution in [0.25, 0.3) is 0 Å². The number of methoxy groups -OCH3 is 1. The first-order valence-corrected chi connectivity index (χ1v) is 5.75. The molecule has 0 aliphatic rings. The molecule has 0 saturated heterocycles. The summed E-state index contributed by atoms with van der Waals surface area (Å²) in [7, 11) is 1.52. The summed E-state index contributed by atoms with van der Waals surface area (Å²) in [5.41, 5.74) is -0.363. The average Bonchev–Trinajstić information content (AvgIpc) is 2.38. The lowest BCUT2D eigenvalue weighted by Gasteiger charge is -2.21. The molecule has 8 nitrogen and oxygen atoms in total. The van der Waals surface area contributed by atoms with Gasteiger partial charge >= 0.3 is 5.69 Å². The Kier molecular flexibility index (Phi) is 5.92. The molecule has 0 saturated carbocycles. The van der Waals surface area contributed by atoms with E-state index < -0.39 is 4.92 Å². The van der Waals surface area contributed by atoms with Gasteiger partial charge in [-0.05, 0) is 0 Å². The summed E-state index contributed by atoms with van der Waals surface area (Å²) in [6.07, 6.45) is 1.36. The highest BCUT2D eigenvalue weighted by Gasteiger charge is 2.25. The van der Waals surface area contributed by atoms with Crippen molar-refractivity contribution >= 4 is 23.1 Å². The van der Waals surface area contributed by atoms with E-state index in [1.807, 2.05) is 6.07 Å². The lowest BCUT2D eigenvalue weighted by molar-refractivity contribution is -0.384. The Labute approximate surface area is 114 Å². The van der Waals surface area contributed by atoms with Crippen LogP contribution in [0.1, 0.15) is 6.42 Å². The van der Waals surface area contributed by atoms with Crippen LogP contribution in [0, 0.1) is 21.4 Å². The number of nitriles is 1. The number of hydrogen-bond donors (Lipinski definition) is 0. The van der Waals surface area contributed by atoms with Gasteiger partial charge in [-0.15, -0.1) is 0 Å². The van der Waals surface area contributed by atoms with Gasteiger partial charge in [0.25, 0.3) is 0 Å². The zero-order chi connectivity index (χ0) is 14.3. The van der Waals surface area contributed by atoms with Crippen LogP contribution in [0.3, 0.4) is 0 Å². The molecular formula is C10H12ClN5O3. The Balaban J connectivity index is 3.10. The van der Waals surface area contributed by atoms with Crippen molar-refractivity contribution in [2.75, 3.05) is 31.7 Å². The molecule has 102 valence electrons. The zero-order valence-corrected chi connectivity index (χ0v) is 11.0. The van der Waals surface area contributed by atoms with E-state index >= 15 is 0 Å². The Morgan fingerprint density at radius 2 is 2.32 bits per heavy atom. The fourth-order valence-electron chi connectivity index (χ4n) is 1.45. The summed E-state index contributed by atoms with van der Waals surface area (Å²) >= 11 is 5.72. The van der Waals surface area contributed by atoms with E-state index in [0.29, 0.717) is 19.7 Å². The minimum Gasteiger partial charge on any atom is -0.383 e. The first-order valence-electron chi connectivity index (χ1n) is 5.37. The van der Waals surface area contributed by atoms with Crippen molar-refractivity contribution in [3.63, 3.8) is 0 Å². The van der Waals surface area contributed by atoms with Gasteiger partial charge in [0, 0.05) is 20.2 Å². The van der Waals surface area contributed by atoms with Gasteiger partial charge in [-0.3, -0.25) is 10.1 Å². The van der Waals surface area contributed by atoms with E-state index in [9.17, 15) is 10.1 Å². The second-order valence-corrected chi connectivity index (χ2v) is 3.84. The molecule has 0 aliphatic heterocycles. The second-order valence-electron chi connectivity index (χ2n) is 3.48. The van der Waals surface area contributed by atoms with Gasteiger partial charge in [0.2, 0.25) is 11.0 Å². The molecular weight excluding hydrogens is 274 g/mol. The maximum atomic E-state index is 11.0. The molecule has 1 heterocycles. The highest BCUT2D eigenvalue weighted by Crippen LogP contribution is 2.31. The number of nitrogens with zero attached hydrogens (tertiary/aromatic N) is 5. The third-order valence-corrected chi connectivity index (χ3v) is 2.58. The molecule has 0 aliphatic carbocycles. The van der Waals surface area contributed by atoms with Crippen LogP contribution in [0.15, 0.2) is 6.33 Å². The molecule has 0 amide bonds. The summed E-state index contributed by atoms with van der Waals surface area (Å²) in [6, 6.07) is 1.98. The summed E-state index contributed by atoms with van der Waals surface area (Å²) < 4.78 is 4.93. The largest absolute Gasteiger partial charge is 0.383 e. The van der Waals surface area contributed by atoms with Crippen molar-refractivity contribution in [2.24, 2.45) is 0 Å². The number of nitro groups is 1. The molecule has 0 bridgehead atoms. The SMILES string of the molecule is COCCN(CCC#N)c1ncnc(Cl)c1[N+](=O)[O-]. The predicted molar refractivity (Wildman–Crippen MR) is 68.0 cm³/mol. The number of halogens is 1. The molecule has 1 rings (SSSR count). The maximum Gasteiger partial charge on any atom is 0.348 e. The highest BCUT2D eigenvalue weighted by atomic mass is 35.5. The molecule has 0 spiro atoms. The van der Waals surface area contributed by atoms with Crippen LogP contribution in [-0.4, -0.2) is 41.7 Å². The lowest BCUT2D eigenvalue weighted by atomic mass is 10.3. The van der Waals surface area contributed by atoms with Crippen LogP contribution < -0.4 is 4.90 Å². The Morgan fingerprint density at radius 1 is 1.58 bits per heavy atom. The number of rotatable bonds is 7. The maximum absolute atomic E-state index is 11.0. The van der Waals surface area contributed by atoms with Crippen LogP contribution in [0.5, 0.6) is 0 Å². The van der Waals surface area contributed by atoms with Gasteiger partial charge in [0.15, 0.2) is 0 Å². The smallest absolute Gasteiger partial charge is 0.348 e. The Hall–Kier alpha value is -1.98. The molecule has 0 aromatic carbocycles. The highest BCUT2D eigenvalue weighted by molar-refractivity contribution is 6.31. The van der Waals surface area contributed by atoms with Crippen molar-refractivity contribution in [1.29, 1.82) is 5.26 Å². The minimum atomic E-state index is -0.635. The molecule has 0 N–H and O–H groups in total. The number of anilines is 1. The van der Waals surface area contributed by atoms with Crippen molar-refractivity contribution in [1.82, 2.24) is 9.97 Å². The van der Waals surface area contributed by atoms with Crippen LogP contribution in [-0.2, 0) is 4.74 Å². The summed E-state index contributed by atoms with van der Waals surface area (Å²) in [5.74, 6) is 0.0947. The third kappa shape index (κ3) is 4.01. The molecule has 1 aromatic heterocycles. The molecule has 0 atom stereocenters. The van der Waals surface area contributed by atoms with E-state index in [0.717, 1.165) is 6.33 Å². The van der Waals surface area contributed by atoms with Gasteiger partial charge in [-0.25, -0.2) is 9.97 Å². The van der Waals surface area contributed by atoms with Crippen molar-refractivity contribution in [3.05, 3.63) is 21.6 Å². The zero-order valence-electron chi connectivity index (χ0n) is 10.2. The lowest BCUT2D eigenvalue weighted by Crippen LogP contribution is -2.29. The molecule has 0 unspecified atom stereocenters. The molecule has 1 aromatic rings. The fraction of sp³-hybridized carbons (Fsp3) is 0.500. The van der Waals surface area contributed by atoms with Gasteiger partial charge in [-0.2, -0.15) is 5.26 Å². The quantitative estimate of drug-likeness (QED) is 0.423. The third-order valence-electron chi connectivity index (χ3n) is 2.30. The number of hydrogen-bond acceptors (Lipinski definition) is 7. The van der Waals surface area contributed by atoms with Crippen molar-refractivity contribution < 1.29 is 9.66 Å². The van der Waals surface area contributed by atoms with Crippen molar-refractivity contribution in [3.8, 4) is 6.07 Å². The molecule has 19 heavy (non-hydrogen) atoms. The van der Waals surface area contributed by atoms with Gasteiger partial charge in [-0.1, -0.05) is 11.6 Å².